The zero-order valence-electron chi connectivity index (χ0n) is 14.0. The maximum atomic E-state index is 5.28. The first-order valence-corrected chi connectivity index (χ1v) is 8.88. The standard InChI is InChI=1S/C21H22N2O/c1-24-16-8-5-14(6-9-16)15-7-10-20-18(13-15)17-3-2-4-19-21(17)23(20)12-11-22-19/h5-10,13,19,22H,2-4,11-12H2,1H3. The molecule has 1 N–H and O–H groups in total. The minimum absolute atomic E-state index is 0.555. The van der Waals surface area contributed by atoms with Gasteiger partial charge in [-0.15, -0.1) is 0 Å². The summed E-state index contributed by atoms with van der Waals surface area (Å²) >= 11 is 0. The first-order valence-electron chi connectivity index (χ1n) is 8.88. The minimum Gasteiger partial charge on any atom is -0.497 e. The smallest absolute Gasteiger partial charge is 0.118 e. The maximum Gasteiger partial charge on any atom is 0.118 e. The quantitative estimate of drug-likeness (QED) is 0.762. The van der Waals surface area contributed by atoms with Crippen LogP contribution in [0.2, 0.25) is 0 Å². The first-order chi connectivity index (χ1) is 11.8. The highest BCUT2D eigenvalue weighted by Gasteiger charge is 2.29. The predicted molar refractivity (Wildman–Crippen MR) is 97.6 cm³/mol. The summed E-state index contributed by atoms with van der Waals surface area (Å²) in [7, 11) is 1.71. The van der Waals surface area contributed by atoms with Crippen LogP contribution in [0.15, 0.2) is 42.5 Å². The lowest BCUT2D eigenvalue weighted by Crippen LogP contribution is -2.35. The van der Waals surface area contributed by atoms with Crippen molar-refractivity contribution >= 4 is 10.9 Å². The monoisotopic (exact) mass is 318 g/mol. The number of hydrogen-bond acceptors (Lipinski definition) is 2. The van der Waals surface area contributed by atoms with Crippen LogP contribution in [0.3, 0.4) is 0 Å². The van der Waals surface area contributed by atoms with Crippen LogP contribution in [-0.2, 0) is 13.0 Å². The van der Waals surface area contributed by atoms with E-state index in [0.29, 0.717) is 6.04 Å². The van der Waals surface area contributed by atoms with Crippen LogP contribution >= 0.6 is 0 Å². The van der Waals surface area contributed by atoms with E-state index in [2.05, 4.69) is 40.2 Å². The summed E-state index contributed by atoms with van der Waals surface area (Å²) in [5, 5.41) is 5.15. The number of ether oxygens (including phenoxy) is 1. The molecule has 0 radical (unpaired) electrons. The molecule has 24 heavy (non-hydrogen) atoms. The van der Waals surface area contributed by atoms with Crippen molar-refractivity contribution in [3.63, 3.8) is 0 Å². The zero-order chi connectivity index (χ0) is 16.1. The molecule has 2 heterocycles. The van der Waals surface area contributed by atoms with Gasteiger partial charge in [-0.3, -0.25) is 0 Å². The summed E-state index contributed by atoms with van der Waals surface area (Å²) in [6.45, 7) is 2.17. The van der Waals surface area contributed by atoms with E-state index in [1.54, 1.807) is 18.4 Å². The van der Waals surface area contributed by atoms with Crippen molar-refractivity contribution in [1.29, 1.82) is 0 Å². The van der Waals surface area contributed by atoms with Crippen LogP contribution < -0.4 is 10.1 Å². The Hall–Kier alpha value is -2.26. The van der Waals surface area contributed by atoms with E-state index in [4.69, 9.17) is 4.74 Å². The molecule has 1 atom stereocenters. The highest BCUT2D eigenvalue weighted by atomic mass is 16.5. The number of aryl methyl sites for hydroxylation is 1. The van der Waals surface area contributed by atoms with Crippen LogP contribution in [0.5, 0.6) is 5.75 Å². The van der Waals surface area contributed by atoms with Crippen LogP contribution in [0.25, 0.3) is 22.0 Å². The largest absolute Gasteiger partial charge is 0.497 e. The molecular formula is C21H22N2O. The van der Waals surface area contributed by atoms with Gasteiger partial charge in [0.15, 0.2) is 0 Å². The fraction of sp³-hybridized carbons (Fsp3) is 0.333. The number of nitrogens with one attached hydrogen (secondary N) is 1. The van der Waals surface area contributed by atoms with Gasteiger partial charge in [-0.2, -0.15) is 0 Å². The molecule has 1 aromatic heterocycles. The molecule has 2 aromatic carbocycles. The topological polar surface area (TPSA) is 26.2 Å². The van der Waals surface area contributed by atoms with E-state index >= 15 is 0 Å². The van der Waals surface area contributed by atoms with E-state index in [-0.39, 0.29) is 0 Å². The van der Waals surface area contributed by atoms with Crippen molar-refractivity contribution in [2.45, 2.75) is 31.8 Å². The average molecular weight is 318 g/mol. The Bertz CT molecular complexity index is 906. The number of rotatable bonds is 2. The van der Waals surface area contributed by atoms with Gasteiger partial charge in [0.1, 0.15) is 5.75 Å². The van der Waals surface area contributed by atoms with Crippen LogP contribution in [-0.4, -0.2) is 18.2 Å². The Labute approximate surface area is 142 Å². The highest BCUT2D eigenvalue weighted by molar-refractivity contribution is 5.90. The van der Waals surface area contributed by atoms with Crippen molar-refractivity contribution in [3.05, 3.63) is 53.7 Å². The summed E-state index contributed by atoms with van der Waals surface area (Å²) in [6, 6.07) is 15.9. The number of aromatic nitrogens is 1. The second-order valence-electron chi connectivity index (χ2n) is 6.87. The summed E-state index contributed by atoms with van der Waals surface area (Å²) in [6.07, 6.45) is 3.77. The van der Waals surface area contributed by atoms with E-state index < -0.39 is 0 Å². The second-order valence-corrected chi connectivity index (χ2v) is 6.87. The lowest BCUT2D eigenvalue weighted by Gasteiger charge is -2.31. The van der Waals surface area contributed by atoms with Gasteiger partial charge in [0.05, 0.1) is 7.11 Å². The maximum absolute atomic E-state index is 5.28. The van der Waals surface area contributed by atoms with Gasteiger partial charge in [0, 0.05) is 35.7 Å². The predicted octanol–water partition coefficient (Wildman–Crippen LogP) is 4.30. The van der Waals surface area contributed by atoms with Gasteiger partial charge in [-0.25, -0.2) is 0 Å². The SMILES string of the molecule is COc1ccc(-c2ccc3c(c2)c2c4n3CCNC4CCC2)cc1. The lowest BCUT2D eigenvalue weighted by molar-refractivity contribution is 0.384. The molecule has 1 aliphatic carbocycles. The molecule has 0 saturated carbocycles. The number of methoxy groups -OCH3 is 1. The molecule has 0 fully saturated rings. The van der Waals surface area contributed by atoms with Gasteiger partial charge in [-0.05, 0) is 60.2 Å². The van der Waals surface area contributed by atoms with Gasteiger partial charge in [0.25, 0.3) is 0 Å². The molecule has 122 valence electrons. The van der Waals surface area contributed by atoms with Crippen molar-refractivity contribution in [3.8, 4) is 16.9 Å². The van der Waals surface area contributed by atoms with Gasteiger partial charge in [0.2, 0.25) is 0 Å². The fourth-order valence-corrected chi connectivity index (χ4v) is 4.48. The number of fused-ring (bicyclic) bond motifs is 3. The van der Waals surface area contributed by atoms with Crippen LogP contribution in [0.1, 0.15) is 30.1 Å². The van der Waals surface area contributed by atoms with E-state index in [9.17, 15) is 0 Å². The Morgan fingerprint density at radius 3 is 2.75 bits per heavy atom. The summed E-state index contributed by atoms with van der Waals surface area (Å²) in [5.74, 6) is 0.906. The minimum atomic E-state index is 0.555. The van der Waals surface area contributed by atoms with Crippen molar-refractivity contribution in [1.82, 2.24) is 9.88 Å². The summed E-state index contributed by atoms with van der Waals surface area (Å²) in [4.78, 5) is 0. The average Bonchev–Trinajstić information content (AvgIpc) is 2.98. The van der Waals surface area contributed by atoms with E-state index in [1.807, 2.05) is 12.1 Å². The van der Waals surface area contributed by atoms with Crippen LogP contribution in [0, 0.1) is 0 Å². The number of hydrogen-bond donors (Lipinski definition) is 1. The molecule has 3 aromatic rings. The molecule has 2 aliphatic rings. The molecule has 1 aliphatic heterocycles. The molecule has 5 rings (SSSR count). The van der Waals surface area contributed by atoms with E-state index in [0.717, 1.165) is 18.8 Å². The fourth-order valence-electron chi connectivity index (χ4n) is 4.48. The third-order valence-electron chi connectivity index (χ3n) is 5.61. The van der Waals surface area contributed by atoms with Gasteiger partial charge in [-0.1, -0.05) is 18.2 Å². The van der Waals surface area contributed by atoms with Gasteiger partial charge >= 0.3 is 0 Å². The lowest BCUT2D eigenvalue weighted by atomic mass is 9.90. The van der Waals surface area contributed by atoms with Crippen molar-refractivity contribution in [2.24, 2.45) is 0 Å². The molecule has 3 heteroatoms. The Morgan fingerprint density at radius 2 is 1.92 bits per heavy atom. The first kappa shape index (κ1) is 14.1. The Kier molecular flexibility index (Phi) is 3.17. The normalized spacial score (nSPS) is 19.3. The third-order valence-corrected chi connectivity index (χ3v) is 5.61. The van der Waals surface area contributed by atoms with Crippen molar-refractivity contribution < 1.29 is 4.74 Å². The molecule has 0 saturated heterocycles. The second kappa shape index (κ2) is 5.38. The number of benzene rings is 2. The molecule has 1 unspecified atom stereocenters. The summed E-state index contributed by atoms with van der Waals surface area (Å²) in [5.41, 5.74) is 7.07. The zero-order valence-corrected chi connectivity index (χ0v) is 14.0. The van der Waals surface area contributed by atoms with E-state index in [1.165, 1.54) is 41.3 Å². The Balaban J connectivity index is 1.68. The Morgan fingerprint density at radius 1 is 1.08 bits per heavy atom. The molecule has 0 spiro atoms. The highest BCUT2D eigenvalue weighted by Crippen LogP contribution is 2.40. The van der Waals surface area contributed by atoms with Gasteiger partial charge < -0.3 is 14.6 Å². The molecule has 3 nitrogen and oxygen atoms in total. The summed E-state index contributed by atoms with van der Waals surface area (Å²) < 4.78 is 7.83. The molecule has 0 amide bonds. The number of nitrogens with zero attached hydrogens (tertiary/aromatic N) is 1. The third kappa shape index (κ3) is 2.01. The molecular weight excluding hydrogens is 296 g/mol. The van der Waals surface area contributed by atoms with Crippen molar-refractivity contribution in [2.75, 3.05) is 13.7 Å². The van der Waals surface area contributed by atoms with Crippen LogP contribution in [0.4, 0.5) is 0 Å². The molecule has 0 bridgehead atoms.